The summed E-state index contributed by atoms with van der Waals surface area (Å²) in [6, 6.07) is 1.58. The lowest BCUT2D eigenvalue weighted by molar-refractivity contribution is 0.122. The minimum Gasteiger partial charge on any atom is -0.317 e. The van der Waals surface area contributed by atoms with Crippen LogP contribution in [0.1, 0.15) is 46.0 Å². The van der Waals surface area contributed by atoms with E-state index < -0.39 is 0 Å². The van der Waals surface area contributed by atoms with Crippen molar-refractivity contribution in [3.63, 3.8) is 0 Å². The van der Waals surface area contributed by atoms with Crippen molar-refractivity contribution in [2.45, 2.75) is 58.0 Å². The molecule has 0 aromatic carbocycles. The number of nitrogens with zero attached hydrogens (tertiary/aromatic N) is 1. The number of hydrogen-bond acceptors (Lipinski definition) is 2. The zero-order valence-corrected chi connectivity index (χ0v) is 10.6. The monoisotopic (exact) mass is 210 g/mol. The van der Waals surface area contributed by atoms with Gasteiger partial charge in [0.2, 0.25) is 0 Å². The van der Waals surface area contributed by atoms with Crippen molar-refractivity contribution in [1.29, 1.82) is 0 Å². The van der Waals surface area contributed by atoms with Crippen LogP contribution in [0.25, 0.3) is 0 Å². The van der Waals surface area contributed by atoms with Gasteiger partial charge in [-0.25, -0.2) is 0 Å². The maximum absolute atomic E-state index is 3.50. The fourth-order valence-electron chi connectivity index (χ4n) is 2.83. The van der Waals surface area contributed by atoms with E-state index in [1.165, 1.54) is 45.2 Å². The Balaban J connectivity index is 1.90. The normalized spacial score (nSPS) is 32.4. The van der Waals surface area contributed by atoms with Crippen molar-refractivity contribution >= 4 is 0 Å². The van der Waals surface area contributed by atoms with Gasteiger partial charge in [-0.3, -0.25) is 0 Å². The van der Waals surface area contributed by atoms with Crippen LogP contribution < -0.4 is 5.32 Å². The molecule has 2 heteroatoms. The fraction of sp³-hybridized carbons (Fsp3) is 1.00. The molecule has 2 atom stereocenters. The van der Waals surface area contributed by atoms with Crippen LogP contribution in [0.2, 0.25) is 0 Å². The predicted octanol–water partition coefficient (Wildman–Crippen LogP) is 2.25. The molecular weight excluding hydrogens is 184 g/mol. The number of hydrogen-bond donors (Lipinski definition) is 1. The molecule has 1 N–H and O–H groups in total. The third-order valence-corrected chi connectivity index (χ3v) is 4.78. The van der Waals surface area contributed by atoms with Gasteiger partial charge in [0.1, 0.15) is 0 Å². The summed E-state index contributed by atoms with van der Waals surface area (Å²) < 4.78 is 0. The predicted molar refractivity (Wildman–Crippen MR) is 65.1 cm³/mol. The van der Waals surface area contributed by atoms with Crippen LogP contribution in [0.3, 0.4) is 0 Å². The van der Waals surface area contributed by atoms with Crippen molar-refractivity contribution < 1.29 is 0 Å². The van der Waals surface area contributed by atoms with E-state index in [2.05, 4.69) is 31.1 Å². The van der Waals surface area contributed by atoms with Gasteiger partial charge in [0.25, 0.3) is 0 Å². The van der Waals surface area contributed by atoms with Gasteiger partial charge in [-0.05, 0) is 64.6 Å². The molecule has 0 spiro atoms. The second kappa shape index (κ2) is 4.42. The molecule has 0 bridgehead atoms. The minimum atomic E-state index is 0.633. The van der Waals surface area contributed by atoms with Gasteiger partial charge in [0, 0.05) is 12.1 Å². The summed E-state index contributed by atoms with van der Waals surface area (Å²) in [4.78, 5) is 2.65. The standard InChI is InChI=1S/C13H26N2/c1-11(13(2)7-8-13)15(3)12-5-4-9-14-10-6-12/h11-12,14H,4-10H2,1-3H3. The molecule has 0 aromatic heterocycles. The molecule has 0 aromatic rings. The SMILES string of the molecule is CC(N(C)C1CCCNCC1)C1(C)CC1. The van der Waals surface area contributed by atoms with Crippen LogP contribution >= 0.6 is 0 Å². The maximum Gasteiger partial charge on any atom is 0.0121 e. The molecule has 88 valence electrons. The fourth-order valence-corrected chi connectivity index (χ4v) is 2.83. The van der Waals surface area contributed by atoms with Crippen LogP contribution in [-0.4, -0.2) is 37.1 Å². The van der Waals surface area contributed by atoms with Crippen LogP contribution in [-0.2, 0) is 0 Å². The first-order valence-electron chi connectivity index (χ1n) is 6.56. The van der Waals surface area contributed by atoms with Gasteiger partial charge in [-0.15, -0.1) is 0 Å². The van der Waals surface area contributed by atoms with E-state index in [4.69, 9.17) is 0 Å². The van der Waals surface area contributed by atoms with E-state index in [9.17, 15) is 0 Å². The molecule has 0 amide bonds. The van der Waals surface area contributed by atoms with Gasteiger partial charge in [0.05, 0.1) is 0 Å². The third-order valence-electron chi connectivity index (χ3n) is 4.78. The summed E-state index contributed by atoms with van der Waals surface area (Å²) in [7, 11) is 2.34. The quantitative estimate of drug-likeness (QED) is 0.768. The minimum absolute atomic E-state index is 0.633. The maximum atomic E-state index is 3.50. The second-order valence-corrected chi connectivity index (χ2v) is 5.83. The van der Waals surface area contributed by atoms with E-state index in [1.807, 2.05) is 0 Å². The Labute approximate surface area is 94.4 Å². The first kappa shape index (κ1) is 11.4. The summed E-state index contributed by atoms with van der Waals surface area (Å²) in [5.74, 6) is 0. The summed E-state index contributed by atoms with van der Waals surface area (Å²) in [5.41, 5.74) is 0.633. The molecule has 2 rings (SSSR count). The van der Waals surface area contributed by atoms with Crippen molar-refractivity contribution in [3.05, 3.63) is 0 Å². The first-order valence-corrected chi connectivity index (χ1v) is 6.56. The van der Waals surface area contributed by atoms with E-state index in [1.54, 1.807) is 0 Å². The number of rotatable bonds is 3. The Morgan fingerprint density at radius 3 is 2.67 bits per heavy atom. The zero-order chi connectivity index (χ0) is 10.9. The Hall–Kier alpha value is -0.0800. The molecule has 2 fully saturated rings. The van der Waals surface area contributed by atoms with Gasteiger partial charge in [0.15, 0.2) is 0 Å². The summed E-state index contributed by atoms with van der Waals surface area (Å²) >= 11 is 0. The Morgan fingerprint density at radius 1 is 1.27 bits per heavy atom. The van der Waals surface area contributed by atoms with Crippen LogP contribution in [0.15, 0.2) is 0 Å². The molecular formula is C13H26N2. The second-order valence-electron chi connectivity index (χ2n) is 5.83. The van der Waals surface area contributed by atoms with Crippen LogP contribution in [0.4, 0.5) is 0 Å². The number of nitrogens with one attached hydrogen (secondary N) is 1. The highest BCUT2D eigenvalue weighted by Gasteiger charge is 2.45. The van der Waals surface area contributed by atoms with Gasteiger partial charge in [-0.1, -0.05) is 6.92 Å². The van der Waals surface area contributed by atoms with Crippen LogP contribution in [0, 0.1) is 5.41 Å². The average molecular weight is 210 g/mol. The Bertz CT molecular complexity index is 203. The van der Waals surface area contributed by atoms with Crippen LogP contribution in [0.5, 0.6) is 0 Å². The molecule has 2 nitrogen and oxygen atoms in total. The first-order chi connectivity index (χ1) is 7.13. The molecule has 2 aliphatic rings. The molecule has 1 heterocycles. The van der Waals surface area contributed by atoms with E-state index in [-0.39, 0.29) is 0 Å². The lowest BCUT2D eigenvalue weighted by Crippen LogP contribution is -2.43. The van der Waals surface area contributed by atoms with E-state index in [0.717, 1.165) is 12.1 Å². The zero-order valence-electron chi connectivity index (χ0n) is 10.6. The molecule has 0 radical (unpaired) electrons. The van der Waals surface area contributed by atoms with Gasteiger partial charge in [-0.2, -0.15) is 0 Å². The van der Waals surface area contributed by atoms with Crippen molar-refractivity contribution in [3.8, 4) is 0 Å². The third kappa shape index (κ3) is 2.54. The molecule has 1 saturated heterocycles. The highest BCUT2D eigenvalue weighted by Crippen LogP contribution is 2.50. The molecule has 2 unspecified atom stereocenters. The highest BCUT2D eigenvalue weighted by molar-refractivity contribution is 4.98. The molecule has 1 saturated carbocycles. The van der Waals surface area contributed by atoms with E-state index >= 15 is 0 Å². The van der Waals surface area contributed by atoms with Crippen molar-refractivity contribution in [2.75, 3.05) is 20.1 Å². The Morgan fingerprint density at radius 2 is 2.00 bits per heavy atom. The van der Waals surface area contributed by atoms with E-state index in [0.29, 0.717) is 5.41 Å². The molecule has 1 aliphatic heterocycles. The van der Waals surface area contributed by atoms with Crippen molar-refractivity contribution in [2.24, 2.45) is 5.41 Å². The summed E-state index contributed by atoms with van der Waals surface area (Å²) in [6.07, 6.45) is 6.92. The Kier molecular flexibility index (Phi) is 3.36. The van der Waals surface area contributed by atoms with Crippen molar-refractivity contribution in [1.82, 2.24) is 10.2 Å². The summed E-state index contributed by atoms with van der Waals surface area (Å²) in [6.45, 7) is 7.29. The highest BCUT2D eigenvalue weighted by atomic mass is 15.2. The smallest absolute Gasteiger partial charge is 0.0121 e. The van der Waals surface area contributed by atoms with Gasteiger partial charge >= 0.3 is 0 Å². The topological polar surface area (TPSA) is 15.3 Å². The lowest BCUT2D eigenvalue weighted by atomic mass is 9.96. The largest absolute Gasteiger partial charge is 0.317 e. The van der Waals surface area contributed by atoms with Gasteiger partial charge < -0.3 is 10.2 Å². The molecule has 15 heavy (non-hydrogen) atoms. The molecule has 1 aliphatic carbocycles. The lowest BCUT2D eigenvalue weighted by Gasteiger charge is -2.36. The average Bonchev–Trinajstić information content (AvgIpc) is 3.00. The summed E-state index contributed by atoms with van der Waals surface area (Å²) in [5, 5.41) is 3.50.